The number of carbonyl (C=O) groups excluding carboxylic acids is 2. The van der Waals surface area contributed by atoms with Gasteiger partial charge in [0.05, 0.1) is 6.42 Å². The van der Waals surface area contributed by atoms with E-state index >= 15 is 0 Å². The number of hydrogen-bond donors (Lipinski definition) is 1. The quantitative estimate of drug-likeness (QED) is 0.771. The normalized spacial score (nSPS) is 32.5. The van der Waals surface area contributed by atoms with Gasteiger partial charge in [0.25, 0.3) is 5.91 Å². The van der Waals surface area contributed by atoms with Crippen molar-refractivity contribution in [2.24, 2.45) is 17.8 Å². The minimum atomic E-state index is -0.785. The molecule has 6 nitrogen and oxygen atoms in total. The fourth-order valence-corrected chi connectivity index (χ4v) is 6.28. The molecular weight excluding hydrogens is 370 g/mol. The van der Waals surface area contributed by atoms with Crippen LogP contribution in [0.25, 0.3) is 0 Å². The fraction of sp³-hybridized carbons (Fsp3) is 0.652. The third-order valence-electron chi connectivity index (χ3n) is 7.06. The van der Waals surface area contributed by atoms with Crippen LogP contribution in [0.3, 0.4) is 0 Å². The summed E-state index contributed by atoms with van der Waals surface area (Å²) in [6.45, 7) is 2.70. The molecule has 4 bridgehead atoms. The number of nitrogens with one attached hydrogen (secondary N) is 1. The average molecular weight is 399 g/mol. The fourth-order valence-electron chi connectivity index (χ4n) is 6.28. The summed E-state index contributed by atoms with van der Waals surface area (Å²) in [6.07, 6.45) is 6.56. The Balaban J connectivity index is 1.16. The summed E-state index contributed by atoms with van der Waals surface area (Å²) in [6, 6.07) is 5.44. The maximum atomic E-state index is 12.8. The van der Waals surface area contributed by atoms with Crippen molar-refractivity contribution in [3.8, 4) is 11.5 Å². The maximum absolute atomic E-state index is 12.8. The summed E-state index contributed by atoms with van der Waals surface area (Å²) in [7, 11) is 0. The Kier molecular flexibility index (Phi) is 4.67. The molecule has 29 heavy (non-hydrogen) atoms. The van der Waals surface area contributed by atoms with Crippen LogP contribution in [0.5, 0.6) is 11.5 Å². The second kappa shape index (κ2) is 7.22. The molecule has 4 saturated carbocycles. The van der Waals surface area contributed by atoms with Crippen molar-refractivity contribution in [2.75, 3.05) is 13.2 Å². The largest absolute Gasteiger partial charge is 0.486 e. The zero-order valence-electron chi connectivity index (χ0n) is 16.9. The second-order valence-corrected chi connectivity index (χ2v) is 9.47. The number of benzene rings is 1. The van der Waals surface area contributed by atoms with E-state index in [1.54, 1.807) is 19.1 Å². The van der Waals surface area contributed by atoms with E-state index in [0.717, 1.165) is 42.6 Å². The first-order valence-corrected chi connectivity index (χ1v) is 10.9. The minimum Gasteiger partial charge on any atom is -0.486 e. The van der Waals surface area contributed by atoms with Crippen molar-refractivity contribution in [3.05, 3.63) is 23.8 Å². The van der Waals surface area contributed by atoms with Gasteiger partial charge in [-0.05, 0) is 80.9 Å². The first-order chi connectivity index (χ1) is 14.0. The van der Waals surface area contributed by atoms with Gasteiger partial charge >= 0.3 is 5.97 Å². The van der Waals surface area contributed by atoms with Gasteiger partial charge in [-0.25, -0.2) is 0 Å². The second-order valence-electron chi connectivity index (χ2n) is 9.47. The lowest BCUT2D eigenvalue weighted by Gasteiger charge is -2.57. The van der Waals surface area contributed by atoms with Crippen LogP contribution in [0.4, 0.5) is 0 Å². The molecule has 6 heteroatoms. The molecule has 1 N–H and O–H groups in total. The van der Waals surface area contributed by atoms with Crippen LogP contribution < -0.4 is 14.8 Å². The molecule has 0 saturated heterocycles. The molecule has 6 rings (SSSR count). The predicted molar refractivity (Wildman–Crippen MR) is 106 cm³/mol. The first kappa shape index (κ1) is 18.8. The summed E-state index contributed by atoms with van der Waals surface area (Å²) in [5.74, 6) is 3.04. The van der Waals surface area contributed by atoms with Crippen LogP contribution in [0, 0.1) is 17.8 Å². The zero-order valence-corrected chi connectivity index (χ0v) is 16.9. The molecule has 1 amide bonds. The van der Waals surface area contributed by atoms with E-state index in [1.165, 1.54) is 19.3 Å². The molecule has 0 radical (unpaired) electrons. The van der Waals surface area contributed by atoms with Crippen molar-refractivity contribution in [1.29, 1.82) is 0 Å². The smallest absolute Gasteiger partial charge is 0.311 e. The lowest BCUT2D eigenvalue weighted by molar-refractivity contribution is -0.156. The number of hydrogen-bond acceptors (Lipinski definition) is 5. The molecule has 1 heterocycles. The number of rotatable bonds is 5. The molecule has 1 atom stereocenters. The maximum Gasteiger partial charge on any atom is 0.311 e. The summed E-state index contributed by atoms with van der Waals surface area (Å²) < 4.78 is 16.5. The minimum absolute atomic E-state index is 0.0671. The van der Waals surface area contributed by atoms with Gasteiger partial charge in [0.15, 0.2) is 17.6 Å². The van der Waals surface area contributed by atoms with Crippen molar-refractivity contribution in [3.63, 3.8) is 0 Å². The molecule has 1 aromatic carbocycles. The van der Waals surface area contributed by atoms with Gasteiger partial charge in [-0.1, -0.05) is 6.07 Å². The Morgan fingerprint density at radius 2 is 1.69 bits per heavy atom. The van der Waals surface area contributed by atoms with E-state index in [0.29, 0.717) is 24.7 Å². The number of fused-ring (bicyclic) bond motifs is 1. The topological polar surface area (TPSA) is 73.9 Å². The summed E-state index contributed by atoms with van der Waals surface area (Å²) in [5, 5.41) is 3.28. The van der Waals surface area contributed by atoms with Crippen LogP contribution in [0.15, 0.2) is 18.2 Å². The van der Waals surface area contributed by atoms with Crippen molar-refractivity contribution in [2.45, 2.75) is 63.5 Å². The third-order valence-corrected chi connectivity index (χ3v) is 7.06. The standard InChI is InChI=1S/C23H29NO5/c1-14(22(26)24-23-11-16-6-17(12-23)8-18(7-16)13-23)29-21(25)10-15-2-3-19-20(9-15)28-5-4-27-19/h2-3,9,14,16-18H,4-8,10-13H2,1H3,(H,24,26)/t14-,16?,17?,18?,23?/m1/s1. The summed E-state index contributed by atoms with van der Waals surface area (Å²) in [4.78, 5) is 25.2. The molecule has 156 valence electrons. The van der Waals surface area contributed by atoms with Crippen LogP contribution in [0.2, 0.25) is 0 Å². The number of carbonyl (C=O) groups is 2. The monoisotopic (exact) mass is 399 g/mol. The molecule has 5 aliphatic rings. The van der Waals surface area contributed by atoms with Gasteiger partial charge in [-0.2, -0.15) is 0 Å². The van der Waals surface area contributed by atoms with Gasteiger partial charge in [-0.15, -0.1) is 0 Å². The van der Waals surface area contributed by atoms with Crippen LogP contribution >= 0.6 is 0 Å². The number of esters is 1. The lowest BCUT2D eigenvalue weighted by Crippen LogP contribution is -2.61. The van der Waals surface area contributed by atoms with Crippen molar-refractivity contribution < 1.29 is 23.8 Å². The molecule has 1 aromatic rings. The molecule has 0 unspecified atom stereocenters. The van der Waals surface area contributed by atoms with Gasteiger partial charge in [0.1, 0.15) is 13.2 Å². The Morgan fingerprint density at radius 1 is 1.07 bits per heavy atom. The lowest BCUT2D eigenvalue weighted by atomic mass is 9.53. The summed E-state index contributed by atoms with van der Waals surface area (Å²) in [5.41, 5.74) is 0.718. The molecular formula is C23H29NO5. The van der Waals surface area contributed by atoms with Gasteiger partial charge in [0.2, 0.25) is 0 Å². The molecule has 0 spiro atoms. The van der Waals surface area contributed by atoms with Gasteiger partial charge in [-0.3, -0.25) is 9.59 Å². The van der Waals surface area contributed by atoms with Gasteiger partial charge in [0, 0.05) is 5.54 Å². The van der Waals surface area contributed by atoms with Crippen LogP contribution in [0.1, 0.15) is 51.0 Å². The van der Waals surface area contributed by atoms with Crippen molar-refractivity contribution >= 4 is 11.9 Å². The van der Waals surface area contributed by atoms with E-state index in [1.807, 2.05) is 6.07 Å². The molecule has 1 aliphatic heterocycles. The van der Waals surface area contributed by atoms with E-state index < -0.39 is 12.1 Å². The Morgan fingerprint density at radius 3 is 2.34 bits per heavy atom. The van der Waals surface area contributed by atoms with Crippen molar-refractivity contribution in [1.82, 2.24) is 5.32 Å². The Labute approximate surface area is 171 Å². The SMILES string of the molecule is C[C@@H](OC(=O)Cc1ccc2c(c1)OCCO2)C(=O)NC12CC3CC(CC(C3)C1)C2. The summed E-state index contributed by atoms with van der Waals surface area (Å²) >= 11 is 0. The van der Waals surface area contributed by atoms with E-state index in [2.05, 4.69) is 5.32 Å². The molecule has 4 fully saturated rings. The van der Waals surface area contributed by atoms with E-state index in [4.69, 9.17) is 14.2 Å². The molecule has 0 aromatic heterocycles. The number of amides is 1. The number of ether oxygens (including phenoxy) is 3. The molecule has 4 aliphatic carbocycles. The zero-order chi connectivity index (χ0) is 20.0. The highest BCUT2D eigenvalue weighted by atomic mass is 16.6. The van der Waals surface area contributed by atoms with E-state index in [-0.39, 0.29) is 17.9 Å². The Bertz CT molecular complexity index is 784. The predicted octanol–water partition coefficient (Wildman–Crippen LogP) is 3.02. The van der Waals surface area contributed by atoms with Gasteiger partial charge < -0.3 is 19.5 Å². The van der Waals surface area contributed by atoms with Crippen LogP contribution in [-0.2, 0) is 20.7 Å². The highest BCUT2D eigenvalue weighted by Crippen LogP contribution is 2.55. The highest BCUT2D eigenvalue weighted by Gasteiger charge is 2.51. The highest BCUT2D eigenvalue weighted by molar-refractivity contribution is 5.84. The average Bonchev–Trinajstić information content (AvgIpc) is 2.66. The van der Waals surface area contributed by atoms with E-state index in [9.17, 15) is 9.59 Å². The third kappa shape index (κ3) is 3.81. The first-order valence-electron chi connectivity index (χ1n) is 10.9. The van der Waals surface area contributed by atoms with Crippen LogP contribution in [-0.4, -0.2) is 36.7 Å². The Hall–Kier alpha value is -2.24.